The van der Waals surface area contributed by atoms with Crippen LogP contribution in [0, 0.1) is 20.8 Å². The monoisotopic (exact) mass is 333 g/mol. The maximum Gasteiger partial charge on any atom is 0.337 e. The highest BCUT2D eigenvalue weighted by Gasteiger charge is 2.12. The number of aromatic carboxylic acids is 1. The molecule has 0 aliphatic rings. The predicted molar refractivity (Wildman–Crippen MR) is 85.0 cm³/mol. The molecule has 0 amide bonds. The Morgan fingerprint density at radius 3 is 2.25 bits per heavy atom. The minimum atomic E-state index is -0.927. The molecule has 104 valence electrons. The molecule has 4 heteroatoms. The zero-order chi connectivity index (χ0) is 14.9. The maximum absolute atomic E-state index is 11.3. The third kappa shape index (κ3) is 3.02. The molecule has 20 heavy (non-hydrogen) atoms. The van der Waals surface area contributed by atoms with Crippen molar-refractivity contribution in [3.05, 3.63) is 57.1 Å². The quantitative estimate of drug-likeness (QED) is 0.846. The second-order valence-corrected chi connectivity index (χ2v) is 5.81. The smallest absolute Gasteiger partial charge is 0.337 e. The number of hydrogen-bond donors (Lipinski definition) is 2. The summed E-state index contributed by atoms with van der Waals surface area (Å²) in [6.07, 6.45) is 0. The summed E-state index contributed by atoms with van der Waals surface area (Å²) >= 11 is 3.46. The van der Waals surface area contributed by atoms with E-state index in [-0.39, 0.29) is 5.56 Å². The summed E-state index contributed by atoms with van der Waals surface area (Å²) in [4.78, 5) is 11.3. The first-order chi connectivity index (χ1) is 9.38. The third-order valence-corrected chi connectivity index (χ3v) is 3.62. The fraction of sp³-hybridized carbons (Fsp3) is 0.188. The second-order valence-electron chi connectivity index (χ2n) is 4.89. The largest absolute Gasteiger partial charge is 0.478 e. The molecule has 2 N–H and O–H groups in total. The van der Waals surface area contributed by atoms with Crippen LogP contribution < -0.4 is 5.32 Å². The zero-order valence-corrected chi connectivity index (χ0v) is 13.2. The van der Waals surface area contributed by atoms with Gasteiger partial charge in [0.1, 0.15) is 0 Å². The molecule has 2 rings (SSSR count). The first-order valence-electron chi connectivity index (χ1n) is 6.26. The number of anilines is 2. The van der Waals surface area contributed by atoms with Crippen LogP contribution in [0.1, 0.15) is 27.0 Å². The normalized spacial score (nSPS) is 10.4. The average Bonchev–Trinajstić information content (AvgIpc) is 2.34. The van der Waals surface area contributed by atoms with E-state index in [0.29, 0.717) is 5.69 Å². The van der Waals surface area contributed by atoms with E-state index in [0.717, 1.165) is 26.9 Å². The Labute approximate surface area is 126 Å². The van der Waals surface area contributed by atoms with Gasteiger partial charge in [-0.05, 0) is 56.2 Å². The van der Waals surface area contributed by atoms with E-state index in [4.69, 9.17) is 0 Å². The van der Waals surface area contributed by atoms with Crippen molar-refractivity contribution in [2.75, 3.05) is 5.32 Å². The highest BCUT2D eigenvalue weighted by molar-refractivity contribution is 9.10. The Bertz CT molecular complexity index is 657. The van der Waals surface area contributed by atoms with Crippen molar-refractivity contribution in [2.24, 2.45) is 0 Å². The van der Waals surface area contributed by atoms with Crippen LogP contribution >= 0.6 is 15.9 Å². The van der Waals surface area contributed by atoms with Crippen LogP contribution in [0.25, 0.3) is 0 Å². The number of hydrogen-bond acceptors (Lipinski definition) is 2. The molecule has 0 aromatic heterocycles. The number of carboxylic acids is 1. The van der Waals surface area contributed by atoms with Gasteiger partial charge in [0.05, 0.1) is 11.3 Å². The standard InChI is InChI=1S/C16H16BrNO2/c1-9-4-5-14(13(6-9)16(19)20)18-15-10(2)7-12(17)8-11(15)3/h4-8,18H,1-3H3,(H,19,20). The van der Waals surface area contributed by atoms with E-state index in [1.807, 2.05) is 39.0 Å². The molecule has 0 spiro atoms. The van der Waals surface area contributed by atoms with E-state index in [1.165, 1.54) is 0 Å². The molecule has 0 fully saturated rings. The molecule has 0 saturated carbocycles. The topological polar surface area (TPSA) is 49.3 Å². The SMILES string of the molecule is Cc1ccc(Nc2c(C)cc(Br)cc2C)c(C(=O)O)c1. The van der Waals surface area contributed by atoms with Crippen LogP contribution in [0.5, 0.6) is 0 Å². The van der Waals surface area contributed by atoms with Crippen molar-refractivity contribution in [2.45, 2.75) is 20.8 Å². The van der Waals surface area contributed by atoms with Crippen molar-refractivity contribution in [1.82, 2.24) is 0 Å². The minimum Gasteiger partial charge on any atom is -0.478 e. The molecule has 0 saturated heterocycles. The van der Waals surface area contributed by atoms with Gasteiger partial charge >= 0.3 is 5.97 Å². The number of halogens is 1. The Morgan fingerprint density at radius 2 is 1.70 bits per heavy atom. The number of rotatable bonds is 3. The molecule has 2 aromatic carbocycles. The van der Waals surface area contributed by atoms with E-state index in [2.05, 4.69) is 21.2 Å². The van der Waals surface area contributed by atoms with E-state index >= 15 is 0 Å². The highest BCUT2D eigenvalue weighted by Crippen LogP contribution is 2.29. The molecule has 0 bridgehead atoms. The second kappa shape index (κ2) is 5.67. The van der Waals surface area contributed by atoms with Crippen molar-refractivity contribution >= 4 is 33.3 Å². The van der Waals surface area contributed by atoms with Crippen LogP contribution in [0.2, 0.25) is 0 Å². The first-order valence-corrected chi connectivity index (χ1v) is 7.05. The Balaban J connectivity index is 2.48. The van der Waals surface area contributed by atoms with Crippen LogP contribution in [0.4, 0.5) is 11.4 Å². The number of carbonyl (C=O) groups is 1. The Hall–Kier alpha value is -1.81. The fourth-order valence-corrected chi connectivity index (χ4v) is 2.87. The molecule has 0 heterocycles. The van der Waals surface area contributed by atoms with Crippen LogP contribution in [0.15, 0.2) is 34.8 Å². The lowest BCUT2D eigenvalue weighted by molar-refractivity contribution is 0.0698. The molecule has 0 aliphatic heterocycles. The summed E-state index contributed by atoms with van der Waals surface area (Å²) in [7, 11) is 0. The van der Waals surface area contributed by atoms with Gasteiger partial charge in [-0.25, -0.2) is 4.79 Å². The molecule has 3 nitrogen and oxygen atoms in total. The van der Waals surface area contributed by atoms with Crippen LogP contribution in [-0.4, -0.2) is 11.1 Å². The highest BCUT2D eigenvalue weighted by atomic mass is 79.9. The van der Waals surface area contributed by atoms with Gasteiger partial charge in [0, 0.05) is 10.2 Å². The fourth-order valence-electron chi connectivity index (χ4n) is 2.19. The van der Waals surface area contributed by atoms with Crippen LogP contribution in [0.3, 0.4) is 0 Å². The minimum absolute atomic E-state index is 0.284. The van der Waals surface area contributed by atoms with Crippen LogP contribution in [-0.2, 0) is 0 Å². The van der Waals surface area contributed by atoms with Crippen molar-refractivity contribution in [3.63, 3.8) is 0 Å². The Kier molecular flexibility index (Phi) is 4.14. The summed E-state index contributed by atoms with van der Waals surface area (Å²) in [5.41, 5.74) is 4.89. The van der Waals surface area contributed by atoms with Gasteiger partial charge in [-0.1, -0.05) is 27.6 Å². The summed E-state index contributed by atoms with van der Waals surface area (Å²) in [5, 5.41) is 12.5. The molecule has 0 aliphatic carbocycles. The third-order valence-electron chi connectivity index (χ3n) is 3.16. The van der Waals surface area contributed by atoms with Gasteiger partial charge in [0.2, 0.25) is 0 Å². The van der Waals surface area contributed by atoms with Crippen molar-refractivity contribution in [1.29, 1.82) is 0 Å². The van der Waals surface area contributed by atoms with E-state index in [1.54, 1.807) is 12.1 Å². The van der Waals surface area contributed by atoms with E-state index in [9.17, 15) is 9.90 Å². The van der Waals surface area contributed by atoms with Gasteiger partial charge in [0.15, 0.2) is 0 Å². The summed E-state index contributed by atoms with van der Waals surface area (Å²) in [6, 6.07) is 9.39. The lowest BCUT2D eigenvalue weighted by Gasteiger charge is -2.15. The zero-order valence-electron chi connectivity index (χ0n) is 11.6. The van der Waals surface area contributed by atoms with Crippen molar-refractivity contribution < 1.29 is 9.90 Å². The summed E-state index contributed by atoms with van der Waals surface area (Å²) in [5.74, 6) is -0.927. The number of benzene rings is 2. The summed E-state index contributed by atoms with van der Waals surface area (Å²) < 4.78 is 1.01. The average molecular weight is 334 g/mol. The van der Waals surface area contributed by atoms with E-state index < -0.39 is 5.97 Å². The van der Waals surface area contributed by atoms with Gasteiger partial charge in [0.25, 0.3) is 0 Å². The predicted octanol–water partition coefficient (Wildman–Crippen LogP) is 4.82. The molecular weight excluding hydrogens is 318 g/mol. The molecule has 2 aromatic rings. The molecule has 0 atom stereocenters. The van der Waals surface area contributed by atoms with Crippen molar-refractivity contribution in [3.8, 4) is 0 Å². The van der Waals surface area contributed by atoms with Gasteiger partial charge in [-0.2, -0.15) is 0 Å². The lowest BCUT2D eigenvalue weighted by Crippen LogP contribution is -2.05. The Morgan fingerprint density at radius 1 is 1.10 bits per heavy atom. The van der Waals surface area contributed by atoms with Gasteiger partial charge < -0.3 is 10.4 Å². The lowest BCUT2D eigenvalue weighted by atomic mass is 10.1. The molecule has 0 radical (unpaired) electrons. The number of carboxylic acid groups (broad SMARTS) is 1. The number of nitrogens with one attached hydrogen (secondary N) is 1. The van der Waals surface area contributed by atoms with Gasteiger partial charge in [-0.3, -0.25) is 0 Å². The summed E-state index contributed by atoms with van der Waals surface area (Å²) in [6.45, 7) is 5.87. The molecular formula is C16H16BrNO2. The molecule has 0 unspecified atom stereocenters. The maximum atomic E-state index is 11.3. The van der Waals surface area contributed by atoms with Gasteiger partial charge in [-0.15, -0.1) is 0 Å². The first kappa shape index (κ1) is 14.6. The number of aryl methyl sites for hydroxylation is 3.